The minimum atomic E-state index is -0.588. The molecule has 2 rings (SSSR count). The van der Waals surface area contributed by atoms with E-state index in [1.165, 1.54) is 30.5 Å². The van der Waals surface area contributed by atoms with E-state index in [-0.39, 0.29) is 17.0 Å². The van der Waals surface area contributed by atoms with Crippen molar-refractivity contribution in [3.05, 3.63) is 68.2 Å². The first kappa shape index (κ1) is 15.6. The Labute approximate surface area is 133 Å². The van der Waals surface area contributed by atoms with Crippen LogP contribution in [0, 0.1) is 10.1 Å². The van der Waals surface area contributed by atoms with Crippen LogP contribution in [0.25, 0.3) is 0 Å². The number of hydrogen-bond acceptors (Lipinski definition) is 5. The van der Waals surface area contributed by atoms with E-state index in [0.29, 0.717) is 5.56 Å². The Balaban J connectivity index is 2.09. The van der Waals surface area contributed by atoms with Crippen LogP contribution < -0.4 is 5.43 Å². The van der Waals surface area contributed by atoms with Gasteiger partial charge in [0, 0.05) is 27.7 Å². The fraction of sp³-hybridized carbons (Fsp3) is 0. The number of carbonyl (C=O) groups is 1. The Bertz CT molecular complexity index is 762. The summed E-state index contributed by atoms with van der Waals surface area (Å²) in [5.41, 5.74) is 2.59. The number of rotatable bonds is 4. The number of aromatic hydroxyl groups is 1. The van der Waals surface area contributed by atoms with Crippen LogP contribution in [0.5, 0.6) is 5.75 Å². The van der Waals surface area contributed by atoms with Gasteiger partial charge in [0.05, 0.1) is 11.1 Å². The van der Waals surface area contributed by atoms with E-state index in [0.717, 1.165) is 10.5 Å². The molecule has 0 saturated carbocycles. The highest BCUT2D eigenvalue weighted by Crippen LogP contribution is 2.20. The molecule has 0 heterocycles. The van der Waals surface area contributed by atoms with Gasteiger partial charge in [-0.15, -0.1) is 0 Å². The molecular formula is C14H10BrN3O4. The van der Waals surface area contributed by atoms with Gasteiger partial charge in [-0.05, 0) is 24.3 Å². The monoisotopic (exact) mass is 363 g/mol. The second-order valence-electron chi connectivity index (χ2n) is 4.21. The molecule has 0 unspecified atom stereocenters. The smallest absolute Gasteiger partial charge is 0.271 e. The second kappa shape index (κ2) is 6.81. The van der Waals surface area contributed by atoms with Crippen LogP contribution in [0.3, 0.4) is 0 Å². The van der Waals surface area contributed by atoms with E-state index in [9.17, 15) is 20.0 Å². The number of amides is 1. The Morgan fingerprint density at radius 3 is 2.82 bits per heavy atom. The zero-order chi connectivity index (χ0) is 16.1. The fourth-order valence-electron chi connectivity index (χ4n) is 1.61. The lowest BCUT2D eigenvalue weighted by atomic mass is 10.2. The molecule has 8 heteroatoms. The fourth-order valence-corrected chi connectivity index (χ4v) is 1.99. The van der Waals surface area contributed by atoms with Crippen molar-refractivity contribution >= 4 is 33.7 Å². The molecule has 2 aromatic carbocycles. The summed E-state index contributed by atoms with van der Waals surface area (Å²) in [5, 5.41) is 24.0. The Hall–Kier alpha value is -2.74. The SMILES string of the molecule is O=C(N/N=C/c1cc(Br)ccc1O)c1cccc([N+](=O)[O-])c1. The van der Waals surface area contributed by atoms with Gasteiger partial charge >= 0.3 is 0 Å². The number of nitro benzene ring substituents is 1. The molecule has 7 nitrogen and oxygen atoms in total. The molecule has 0 atom stereocenters. The number of nitrogens with one attached hydrogen (secondary N) is 1. The Kier molecular flexibility index (Phi) is 4.84. The third-order valence-electron chi connectivity index (χ3n) is 2.68. The average molecular weight is 364 g/mol. The van der Waals surface area contributed by atoms with Gasteiger partial charge in [-0.3, -0.25) is 14.9 Å². The predicted molar refractivity (Wildman–Crippen MR) is 84.0 cm³/mol. The molecule has 0 aromatic heterocycles. The highest BCUT2D eigenvalue weighted by Gasteiger charge is 2.10. The molecule has 0 aliphatic carbocycles. The molecule has 0 bridgehead atoms. The van der Waals surface area contributed by atoms with E-state index in [4.69, 9.17) is 0 Å². The van der Waals surface area contributed by atoms with Crippen LogP contribution in [0.1, 0.15) is 15.9 Å². The molecule has 112 valence electrons. The van der Waals surface area contributed by atoms with Gasteiger partial charge in [-0.2, -0.15) is 5.10 Å². The van der Waals surface area contributed by atoms with Gasteiger partial charge in [0.1, 0.15) is 5.75 Å². The lowest BCUT2D eigenvalue weighted by Gasteiger charge is -2.01. The lowest BCUT2D eigenvalue weighted by molar-refractivity contribution is -0.384. The molecule has 0 saturated heterocycles. The Morgan fingerprint density at radius 1 is 1.32 bits per heavy atom. The van der Waals surface area contributed by atoms with Crippen LogP contribution in [0.2, 0.25) is 0 Å². The van der Waals surface area contributed by atoms with Crippen molar-refractivity contribution in [2.45, 2.75) is 0 Å². The van der Waals surface area contributed by atoms with Gasteiger partial charge in [0.25, 0.3) is 11.6 Å². The molecule has 2 aromatic rings. The summed E-state index contributed by atoms with van der Waals surface area (Å²) in [6.45, 7) is 0. The van der Waals surface area contributed by atoms with Crippen LogP contribution >= 0.6 is 15.9 Å². The largest absolute Gasteiger partial charge is 0.507 e. The number of carbonyl (C=O) groups excluding carboxylic acids is 1. The zero-order valence-corrected chi connectivity index (χ0v) is 12.6. The van der Waals surface area contributed by atoms with Crippen LogP contribution in [-0.4, -0.2) is 22.2 Å². The van der Waals surface area contributed by atoms with Crippen molar-refractivity contribution in [1.29, 1.82) is 0 Å². The van der Waals surface area contributed by atoms with Crippen molar-refractivity contribution in [3.8, 4) is 5.75 Å². The van der Waals surface area contributed by atoms with Gasteiger partial charge in [0.2, 0.25) is 0 Å². The number of non-ortho nitro benzene ring substituents is 1. The topological polar surface area (TPSA) is 105 Å². The van der Waals surface area contributed by atoms with Crippen molar-refractivity contribution in [2.24, 2.45) is 5.10 Å². The molecule has 0 radical (unpaired) electrons. The number of phenols is 1. The second-order valence-corrected chi connectivity index (χ2v) is 5.13. The Morgan fingerprint density at radius 2 is 2.09 bits per heavy atom. The number of phenolic OH excluding ortho intramolecular Hbond substituents is 1. The van der Waals surface area contributed by atoms with Crippen LogP contribution in [0.15, 0.2) is 52.0 Å². The van der Waals surface area contributed by atoms with Gasteiger partial charge in [-0.25, -0.2) is 5.43 Å². The first-order valence-electron chi connectivity index (χ1n) is 6.04. The van der Waals surface area contributed by atoms with E-state index in [2.05, 4.69) is 26.5 Å². The summed E-state index contributed by atoms with van der Waals surface area (Å²) in [5.74, 6) is -0.578. The number of hydrogen-bond donors (Lipinski definition) is 2. The molecule has 0 aliphatic heterocycles. The van der Waals surface area contributed by atoms with Crippen molar-refractivity contribution in [2.75, 3.05) is 0 Å². The highest BCUT2D eigenvalue weighted by molar-refractivity contribution is 9.10. The van der Waals surface area contributed by atoms with E-state index >= 15 is 0 Å². The zero-order valence-electron chi connectivity index (χ0n) is 11.1. The lowest BCUT2D eigenvalue weighted by Crippen LogP contribution is -2.17. The van der Waals surface area contributed by atoms with Crippen molar-refractivity contribution < 1.29 is 14.8 Å². The summed E-state index contributed by atoms with van der Waals surface area (Å²) in [4.78, 5) is 21.9. The van der Waals surface area contributed by atoms with E-state index in [1.54, 1.807) is 12.1 Å². The number of nitrogens with zero attached hydrogens (tertiary/aromatic N) is 2. The summed E-state index contributed by atoms with van der Waals surface area (Å²) in [6, 6.07) is 10.1. The summed E-state index contributed by atoms with van der Waals surface area (Å²) in [6.07, 6.45) is 1.27. The summed E-state index contributed by atoms with van der Waals surface area (Å²) >= 11 is 3.25. The standard InChI is InChI=1S/C14H10BrN3O4/c15-11-4-5-13(19)10(6-11)8-16-17-14(20)9-2-1-3-12(7-9)18(21)22/h1-8,19H,(H,17,20)/b16-8+. The maximum atomic E-state index is 11.8. The summed E-state index contributed by atoms with van der Waals surface area (Å²) in [7, 11) is 0. The summed E-state index contributed by atoms with van der Waals surface area (Å²) < 4.78 is 0.747. The first-order chi connectivity index (χ1) is 10.5. The third-order valence-corrected chi connectivity index (χ3v) is 3.17. The normalized spacial score (nSPS) is 10.6. The number of halogens is 1. The molecule has 0 aliphatic rings. The minimum absolute atomic E-state index is 0.0107. The van der Waals surface area contributed by atoms with Crippen molar-refractivity contribution in [1.82, 2.24) is 5.43 Å². The number of nitro groups is 1. The molecule has 2 N–H and O–H groups in total. The highest BCUT2D eigenvalue weighted by atomic mass is 79.9. The minimum Gasteiger partial charge on any atom is -0.507 e. The average Bonchev–Trinajstić information content (AvgIpc) is 2.50. The van der Waals surface area contributed by atoms with E-state index < -0.39 is 10.8 Å². The molecule has 22 heavy (non-hydrogen) atoms. The number of hydrazone groups is 1. The van der Waals surface area contributed by atoms with Crippen LogP contribution in [0.4, 0.5) is 5.69 Å². The predicted octanol–water partition coefficient (Wildman–Crippen LogP) is 2.83. The van der Waals surface area contributed by atoms with Crippen LogP contribution in [-0.2, 0) is 0 Å². The third kappa shape index (κ3) is 3.89. The van der Waals surface area contributed by atoms with Gasteiger partial charge in [0.15, 0.2) is 0 Å². The van der Waals surface area contributed by atoms with Crippen molar-refractivity contribution in [3.63, 3.8) is 0 Å². The molecular weight excluding hydrogens is 354 g/mol. The first-order valence-corrected chi connectivity index (χ1v) is 6.83. The molecule has 0 spiro atoms. The van der Waals surface area contributed by atoms with E-state index in [1.807, 2.05) is 0 Å². The number of benzene rings is 2. The molecule has 0 fully saturated rings. The maximum absolute atomic E-state index is 11.8. The molecule has 1 amide bonds. The van der Waals surface area contributed by atoms with Gasteiger partial charge < -0.3 is 5.11 Å². The maximum Gasteiger partial charge on any atom is 0.271 e. The quantitative estimate of drug-likeness (QED) is 0.494. The van der Waals surface area contributed by atoms with Gasteiger partial charge in [-0.1, -0.05) is 22.0 Å².